The standard InChI is InChI=1S/C21H29FN2O2S/c1-14-10-15(2)12-24(11-14)9-5-8-23-21(25)20-16(13-26-3)19-17(22)6-4-7-18(19)27-20/h4,6-7,14-15H,5,8-13H2,1-3H3,(H,23,25). The maximum atomic E-state index is 14.2. The third-order valence-electron chi connectivity index (χ3n) is 5.14. The van der Waals surface area contributed by atoms with E-state index in [0.29, 0.717) is 22.4 Å². The summed E-state index contributed by atoms with van der Waals surface area (Å²) in [5.41, 5.74) is 0.645. The van der Waals surface area contributed by atoms with Crippen LogP contribution in [0.25, 0.3) is 10.1 Å². The first-order chi connectivity index (χ1) is 13.0. The Morgan fingerprint density at radius 1 is 1.33 bits per heavy atom. The third kappa shape index (κ3) is 4.86. The van der Waals surface area contributed by atoms with E-state index in [0.717, 1.165) is 42.6 Å². The van der Waals surface area contributed by atoms with Crippen molar-refractivity contribution in [1.82, 2.24) is 10.2 Å². The summed E-state index contributed by atoms with van der Waals surface area (Å²) in [7, 11) is 1.56. The molecule has 0 saturated carbocycles. The van der Waals surface area contributed by atoms with Gasteiger partial charge in [-0.25, -0.2) is 4.39 Å². The molecular weight excluding hydrogens is 363 g/mol. The minimum absolute atomic E-state index is 0.136. The smallest absolute Gasteiger partial charge is 0.261 e. The van der Waals surface area contributed by atoms with Crippen LogP contribution >= 0.6 is 11.3 Å². The molecule has 2 aromatic rings. The molecule has 0 bridgehead atoms. The lowest BCUT2D eigenvalue weighted by atomic mass is 9.92. The SMILES string of the molecule is COCc1c(C(=O)NCCCN2CC(C)CC(C)C2)sc2cccc(F)c12. The maximum Gasteiger partial charge on any atom is 0.261 e. The predicted molar refractivity (Wildman–Crippen MR) is 109 cm³/mol. The molecule has 148 valence electrons. The molecule has 1 aromatic carbocycles. The molecule has 0 spiro atoms. The van der Waals surface area contributed by atoms with E-state index in [4.69, 9.17) is 4.74 Å². The van der Waals surface area contributed by atoms with Gasteiger partial charge in [-0.15, -0.1) is 11.3 Å². The van der Waals surface area contributed by atoms with Gasteiger partial charge in [0, 0.05) is 42.4 Å². The number of nitrogens with zero attached hydrogens (tertiary/aromatic N) is 1. The number of carbonyl (C=O) groups is 1. The molecule has 1 saturated heterocycles. The highest BCUT2D eigenvalue weighted by molar-refractivity contribution is 7.21. The predicted octanol–water partition coefficient (Wildman–Crippen LogP) is 4.28. The maximum absolute atomic E-state index is 14.2. The largest absolute Gasteiger partial charge is 0.380 e. The summed E-state index contributed by atoms with van der Waals surface area (Å²) in [6.07, 6.45) is 2.22. The molecule has 1 fully saturated rings. The van der Waals surface area contributed by atoms with Gasteiger partial charge in [0.2, 0.25) is 0 Å². The Labute approximate surface area is 164 Å². The van der Waals surface area contributed by atoms with Crippen molar-refractivity contribution in [3.63, 3.8) is 0 Å². The van der Waals surface area contributed by atoms with Crippen LogP contribution in [0.5, 0.6) is 0 Å². The Balaban J connectivity index is 1.59. The van der Waals surface area contributed by atoms with Crippen LogP contribution < -0.4 is 5.32 Å². The van der Waals surface area contributed by atoms with Gasteiger partial charge in [-0.05, 0) is 43.4 Å². The number of piperidine rings is 1. The highest BCUT2D eigenvalue weighted by Crippen LogP contribution is 2.33. The molecular formula is C21H29FN2O2S. The molecule has 2 unspecified atom stereocenters. The molecule has 0 aliphatic carbocycles. The van der Waals surface area contributed by atoms with Gasteiger partial charge in [-0.2, -0.15) is 0 Å². The lowest BCUT2D eigenvalue weighted by molar-refractivity contribution is 0.0947. The fourth-order valence-electron chi connectivity index (χ4n) is 4.19. The number of carbonyl (C=O) groups excluding carboxylic acids is 1. The summed E-state index contributed by atoms with van der Waals surface area (Å²) < 4.78 is 20.2. The number of amides is 1. The second-order valence-corrected chi connectivity index (χ2v) is 8.82. The monoisotopic (exact) mass is 392 g/mol. The summed E-state index contributed by atoms with van der Waals surface area (Å²) in [5.74, 6) is 1.05. The van der Waals surface area contributed by atoms with E-state index in [1.165, 1.54) is 23.8 Å². The molecule has 1 aliphatic rings. The van der Waals surface area contributed by atoms with Gasteiger partial charge in [0.05, 0.1) is 11.5 Å². The number of benzene rings is 1. The normalized spacial score (nSPS) is 20.9. The van der Waals surface area contributed by atoms with Crippen molar-refractivity contribution in [2.75, 3.05) is 33.3 Å². The van der Waals surface area contributed by atoms with Crippen molar-refractivity contribution in [1.29, 1.82) is 0 Å². The highest BCUT2D eigenvalue weighted by atomic mass is 32.1. The van der Waals surface area contributed by atoms with Gasteiger partial charge in [0.25, 0.3) is 5.91 Å². The zero-order valence-electron chi connectivity index (χ0n) is 16.4. The molecule has 6 heteroatoms. The van der Waals surface area contributed by atoms with Gasteiger partial charge >= 0.3 is 0 Å². The Kier molecular flexibility index (Phi) is 6.84. The van der Waals surface area contributed by atoms with Crippen molar-refractivity contribution in [3.05, 3.63) is 34.5 Å². The number of ether oxygens (including phenoxy) is 1. The molecule has 3 rings (SSSR count). The van der Waals surface area contributed by atoms with Gasteiger partial charge in [-0.3, -0.25) is 4.79 Å². The fourth-order valence-corrected chi connectivity index (χ4v) is 5.33. The Hall–Kier alpha value is -1.50. The van der Waals surface area contributed by atoms with E-state index in [2.05, 4.69) is 24.1 Å². The lowest BCUT2D eigenvalue weighted by Gasteiger charge is -2.34. The number of halogens is 1. The van der Waals surface area contributed by atoms with E-state index in [9.17, 15) is 9.18 Å². The first-order valence-corrected chi connectivity index (χ1v) is 10.5. The van der Waals surface area contributed by atoms with Gasteiger partial charge in [0.1, 0.15) is 5.82 Å². The minimum atomic E-state index is -0.303. The molecule has 1 amide bonds. The summed E-state index contributed by atoms with van der Waals surface area (Å²) in [6, 6.07) is 4.95. The summed E-state index contributed by atoms with van der Waals surface area (Å²) in [5, 5.41) is 3.51. The number of likely N-dealkylation sites (tertiary alicyclic amines) is 1. The van der Waals surface area contributed by atoms with Crippen LogP contribution in [0, 0.1) is 17.7 Å². The minimum Gasteiger partial charge on any atom is -0.380 e. The Morgan fingerprint density at radius 3 is 2.78 bits per heavy atom. The molecule has 2 heterocycles. The van der Waals surface area contributed by atoms with E-state index >= 15 is 0 Å². The molecule has 1 aromatic heterocycles. The zero-order chi connectivity index (χ0) is 19.4. The van der Waals surface area contributed by atoms with Crippen LogP contribution in [-0.4, -0.2) is 44.1 Å². The van der Waals surface area contributed by atoms with Crippen LogP contribution in [-0.2, 0) is 11.3 Å². The molecule has 27 heavy (non-hydrogen) atoms. The van der Waals surface area contributed by atoms with Crippen molar-refractivity contribution in [3.8, 4) is 0 Å². The average molecular weight is 393 g/mol. The van der Waals surface area contributed by atoms with Crippen molar-refractivity contribution < 1.29 is 13.9 Å². The topological polar surface area (TPSA) is 41.6 Å². The van der Waals surface area contributed by atoms with Crippen LogP contribution in [0.3, 0.4) is 0 Å². The molecule has 0 radical (unpaired) electrons. The Morgan fingerprint density at radius 2 is 2.07 bits per heavy atom. The molecule has 1 N–H and O–H groups in total. The highest BCUT2D eigenvalue weighted by Gasteiger charge is 2.22. The van der Waals surface area contributed by atoms with E-state index in [1.807, 2.05) is 6.07 Å². The second-order valence-electron chi connectivity index (χ2n) is 7.77. The summed E-state index contributed by atoms with van der Waals surface area (Å²) in [6.45, 7) is 8.76. The number of nitrogens with one attached hydrogen (secondary N) is 1. The zero-order valence-corrected chi connectivity index (χ0v) is 17.2. The summed E-state index contributed by atoms with van der Waals surface area (Å²) in [4.78, 5) is 15.7. The number of hydrogen-bond donors (Lipinski definition) is 1. The fraction of sp³-hybridized carbons (Fsp3) is 0.571. The average Bonchev–Trinajstić information content (AvgIpc) is 2.98. The van der Waals surface area contributed by atoms with Gasteiger partial charge in [0.15, 0.2) is 0 Å². The molecule has 2 atom stereocenters. The van der Waals surface area contributed by atoms with E-state index < -0.39 is 0 Å². The number of methoxy groups -OCH3 is 1. The first kappa shape index (κ1) is 20.2. The van der Waals surface area contributed by atoms with Crippen molar-refractivity contribution in [2.24, 2.45) is 11.8 Å². The van der Waals surface area contributed by atoms with Crippen molar-refractivity contribution >= 4 is 27.3 Å². The quantitative estimate of drug-likeness (QED) is 0.715. The van der Waals surface area contributed by atoms with Crippen LogP contribution in [0.4, 0.5) is 4.39 Å². The summed E-state index contributed by atoms with van der Waals surface area (Å²) >= 11 is 1.33. The number of thiophene rings is 1. The van der Waals surface area contributed by atoms with Crippen LogP contribution in [0.2, 0.25) is 0 Å². The van der Waals surface area contributed by atoms with Crippen LogP contribution in [0.1, 0.15) is 41.9 Å². The lowest BCUT2D eigenvalue weighted by Crippen LogP contribution is -2.40. The van der Waals surface area contributed by atoms with Crippen molar-refractivity contribution in [2.45, 2.75) is 33.3 Å². The second kappa shape index (κ2) is 9.13. The number of hydrogen-bond acceptors (Lipinski definition) is 4. The number of rotatable bonds is 7. The molecule has 1 aliphatic heterocycles. The number of fused-ring (bicyclic) bond motifs is 1. The molecule has 4 nitrogen and oxygen atoms in total. The first-order valence-electron chi connectivity index (χ1n) is 9.69. The van der Waals surface area contributed by atoms with Gasteiger partial charge < -0.3 is 15.0 Å². The van der Waals surface area contributed by atoms with E-state index in [1.54, 1.807) is 13.2 Å². The van der Waals surface area contributed by atoms with E-state index in [-0.39, 0.29) is 18.3 Å². The Bertz CT molecular complexity index is 782. The van der Waals surface area contributed by atoms with Crippen LogP contribution in [0.15, 0.2) is 18.2 Å². The van der Waals surface area contributed by atoms with Gasteiger partial charge in [-0.1, -0.05) is 19.9 Å². The third-order valence-corrected chi connectivity index (χ3v) is 6.34.